The summed E-state index contributed by atoms with van der Waals surface area (Å²) in [5.74, 6) is -1.17. The number of carbonyl (C=O) groups excluding carboxylic acids is 1. The van der Waals surface area contributed by atoms with Crippen LogP contribution in [0, 0.1) is 5.82 Å². The van der Waals surface area contributed by atoms with E-state index in [1.54, 1.807) is 30.3 Å². The van der Waals surface area contributed by atoms with Crippen molar-refractivity contribution in [2.24, 2.45) is 0 Å². The van der Waals surface area contributed by atoms with Crippen molar-refractivity contribution in [1.82, 2.24) is 15.0 Å². The maximum Gasteiger partial charge on any atom is 0.274 e. The predicted octanol–water partition coefficient (Wildman–Crippen LogP) is 4.31. The molecule has 0 radical (unpaired) electrons. The molecule has 126 valence electrons. The molecule has 1 aromatic carbocycles. The second-order valence-electron chi connectivity index (χ2n) is 4.83. The van der Waals surface area contributed by atoms with Gasteiger partial charge in [0.15, 0.2) is 11.6 Å². The third-order valence-corrected chi connectivity index (χ3v) is 3.61. The molecule has 0 saturated heterocycles. The van der Waals surface area contributed by atoms with Gasteiger partial charge in [0.25, 0.3) is 5.91 Å². The highest BCUT2D eigenvalue weighted by Gasteiger charge is 2.11. The number of benzene rings is 1. The SMILES string of the molecule is O=C(Nc1ccccc1Cl)c1ccc(Nc2nc(Cl)ncc2F)cn1. The molecule has 2 aromatic heterocycles. The molecule has 0 atom stereocenters. The Morgan fingerprint density at radius 2 is 1.84 bits per heavy atom. The Morgan fingerprint density at radius 1 is 1.04 bits per heavy atom. The molecule has 0 bridgehead atoms. The average molecular weight is 378 g/mol. The highest BCUT2D eigenvalue weighted by molar-refractivity contribution is 6.33. The van der Waals surface area contributed by atoms with Crippen LogP contribution in [0.5, 0.6) is 0 Å². The van der Waals surface area contributed by atoms with Crippen LogP contribution in [0.4, 0.5) is 21.6 Å². The number of amides is 1. The molecule has 0 unspecified atom stereocenters. The van der Waals surface area contributed by atoms with E-state index < -0.39 is 11.7 Å². The molecule has 3 rings (SSSR count). The second-order valence-corrected chi connectivity index (χ2v) is 5.57. The van der Waals surface area contributed by atoms with E-state index in [0.717, 1.165) is 6.20 Å². The standard InChI is InChI=1S/C16H10Cl2FN5O/c17-10-3-1-2-4-12(10)23-15(25)13-6-5-9(7-20-13)22-14-11(19)8-21-16(18)24-14/h1-8H,(H,23,25)(H,21,22,24). The number of carbonyl (C=O) groups is 1. The molecule has 2 N–H and O–H groups in total. The van der Waals surface area contributed by atoms with Gasteiger partial charge in [0.2, 0.25) is 5.28 Å². The summed E-state index contributed by atoms with van der Waals surface area (Å²) in [5, 5.41) is 5.70. The highest BCUT2D eigenvalue weighted by atomic mass is 35.5. The smallest absolute Gasteiger partial charge is 0.274 e. The average Bonchev–Trinajstić information content (AvgIpc) is 2.61. The summed E-state index contributed by atoms with van der Waals surface area (Å²) in [6, 6.07) is 9.90. The maximum absolute atomic E-state index is 13.6. The molecule has 0 fully saturated rings. The molecule has 0 aliphatic rings. The van der Waals surface area contributed by atoms with Crippen molar-refractivity contribution in [1.29, 1.82) is 0 Å². The first-order valence-corrected chi connectivity index (χ1v) is 7.75. The molecule has 2 heterocycles. The lowest BCUT2D eigenvalue weighted by molar-refractivity contribution is 0.102. The molecular formula is C16H10Cl2FN5O. The van der Waals surface area contributed by atoms with E-state index in [4.69, 9.17) is 23.2 Å². The number of pyridine rings is 1. The van der Waals surface area contributed by atoms with Gasteiger partial charge >= 0.3 is 0 Å². The first kappa shape index (κ1) is 17.1. The van der Waals surface area contributed by atoms with Crippen molar-refractivity contribution in [3.05, 3.63) is 70.6 Å². The molecule has 0 saturated carbocycles. The van der Waals surface area contributed by atoms with Crippen LogP contribution in [-0.2, 0) is 0 Å². The van der Waals surface area contributed by atoms with Gasteiger partial charge in [-0.05, 0) is 35.9 Å². The molecule has 0 aliphatic carbocycles. The van der Waals surface area contributed by atoms with Gasteiger partial charge in [0.05, 0.1) is 28.8 Å². The largest absolute Gasteiger partial charge is 0.336 e. The topological polar surface area (TPSA) is 79.8 Å². The molecule has 25 heavy (non-hydrogen) atoms. The Labute approximate surface area is 152 Å². The number of aromatic nitrogens is 3. The van der Waals surface area contributed by atoms with Crippen molar-refractivity contribution in [2.75, 3.05) is 10.6 Å². The number of halogens is 3. The third kappa shape index (κ3) is 4.20. The van der Waals surface area contributed by atoms with Gasteiger partial charge in [-0.2, -0.15) is 4.98 Å². The second kappa shape index (κ2) is 7.42. The normalized spacial score (nSPS) is 10.4. The predicted molar refractivity (Wildman–Crippen MR) is 93.9 cm³/mol. The summed E-state index contributed by atoms with van der Waals surface area (Å²) in [5.41, 5.74) is 1.09. The number of hydrogen-bond donors (Lipinski definition) is 2. The zero-order valence-electron chi connectivity index (χ0n) is 12.5. The van der Waals surface area contributed by atoms with E-state index in [-0.39, 0.29) is 16.8 Å². The molecule has 9 heteroatoms. The van der Waals surface area contributed by atoms with Crippen LogP contribution >= 0.6 is 23.2 Å². The van der Waals surface area contributed by atoms with E-state index in [1.807, 2.05) is 0 Å². The van der Waals surface area contributed by atoms with Crippen LogP contribution < -0.4 is 10.6 Å². The summed E-state index contributed by atoms with van der Waals surface area (Å²) in [7, 11) is 0. The Kier molecular flexibility index (Phi) is 5.06. The van der Waals surface area contributed by atoms with Gasteiger partial charge in [0, 0.05) is 0 Å². The van der Waals surface area contributed by atoms with Gasteiger partial charge < -0.3 is 10.6 Å². The Morgan fingerprint density at radius 3 is 2.56 bits per heavy atom. The third-order valence-electron chi connectivity index (χ3n) is 3.10. The molecule has 6 nitrogen and oxygen atoms in total. The molecule has 0 spiro atoms. The summed E-state index contributed by atoms with van der Waals surface area (Å²) < 4.78 is 13.6. The van der Waals surface area contributed by atoms with Gasteiger partial charge in [-0.1, -0.05) is 23.7 Å². The van der Waals surface area contributed by atoms with Crippen LogP contribution in [0.3, 0.4) is 0 Å². The minimum absolute atomic E-state index is 0.0879. The number of hydrogen-bond acceptors (Lipinski definition) is 5. The lowest BCUT2D eigenvalue weighted by atomic mass is 10.3. The zero-order valence-corrected chi connectivity index (χ0v) is 14.0. The molecule has 1 amide bonds. The molecule has 3 aromatic rings. The van der Waals surface area contributed by atoms with Crippen LogP contribution in [-0.4, -0.2) is 20.9 Å². The van der Waals surface area contributed by atoms with E-state index in [9.17, 15) is 9.18 Å². The van der Waals surface area contributed by atoms with Crippen molar-refractivity contribution < 1.29 is 9.18 Å². The van der Waals surface area contributed by atoms with Gasteiger partial charge in [-0.3, -0.25) is 4.79 Å². The number of para-hydroxylation sites is 1. The zero-order chi connectivity index (χ0) is 17.8. The van der Waals surface area contributed by atoms with Gasteiger partial charge in [0.1, 0.15) is 5.69 Å². The number of nitrogens with zero attached hydrogens (tertiary/aromatic N) is 3. The van der Waals surface area contributed by atoms with E-state index in [1.165, 1.54) is 12.3 Å². The lowest BCUT2D eigenvalue weighted by Gasteiger charge is -2.08. The van der Waals surface area contributed by atoms with Crippen molar-refractivity contribution in [2.45, 2.75) is 0 Å². The quantitative estimate of drug-likeness (QED) is 0.662. The van der Waals surface area contributed by atoms with Crippen molar-refractivity contribution >= 4 is 46.3 Å². The summed E-state index contributed by atoms with van der Waals surface area (Å²) in [4.78, 5) is 23.5. The minimum Gasteiger partial charge on any atom is -0.336 e. The van der Waals surface area contributed by atoms with E-state index in [0.29, 0.717) is 16.4 Å². The Hall–Kier alpha value is -2.77. The minimum atomic E-state index is -0.662. The number of anilines is 3. The number of rotatable bonds is 4. The van der Waals surface area contributed by atoms with Gasteiger partial charge in [-0.15, -0.1) is 0 Å². The monoisotopic (exact) mass is 377 g/mol. The highest BCUT2D eigenvalue weighted by Crippen LogP contribution is 2.22. The van der Waals surface area contributed by atoms with E-state index in [2.05, 4.69) is 25.6 Å². The summed E-state index contributed by atoms with van der Waals surface area (Å²) >= 11 is 11.6. The van der Waals surface area contributed by atoms with Crippen molar-refractivity contribution in [3.8, 4) is 0 Å². The molecule has 0 aliphatic heterocycles. The fourth-order valence-electron chi connectivity index (χ4n) is 1.92. The first-order chi connectivity index (χ1) is 12.0. The van der Waals surface area contributed by atoms with Crippen LogP contribution in [0.2, 0.25) is 10.3 Å². The first-order valence-electron chi connectivity index (χ1n) is 7.00. The fraction of sp³-hybridized carbons (Fsp3) is 0. The van der Waals surface area contributed by atoms with Crippen LogP contribution in [0.25, 0.3) is 0 Å². The Bertz CT molecular complexity index is 921. The maximum atomic E-state index is 13.6. The van der Waals surface area contributed by atoms with Crippen LogP contribution in [0.1, 0.15) is 10.5 Å². The van der Waals surface area contributed by atoms with Crippen molar-refractivity contribution in [3.63, 3.8) is 0 Å². The van der Waals surface area contributed by atoms with E-state index >= 15 is 0 Å². The van der Waals surface area contributed by atoms with Crippen LogP contribution in [0.15, 0.2) is 48.8 Å². The lowest BCUT2D eigenvalue weighted by Crippen LogP contribution is -2.14. The fourth-order valence-corrected chi connectivity index (χ4v) is 2.24. The summed E-state index contributed by atoms with van der Waals surface area (Å²) in [6.07, 6.45) is 2.33. The molecular weight excluding hydrogens is 368 g/mol. The summed E-state index contributed by atoms with van der Waals surface area (Å²) in [6.45, 7) is 0. The number of nitrogens with one attached hydrogen (secondary N) is 2. The Balaban J connectivity index is 1.72. The van der Waals surface area contributed by atoms with Gasteiger partial charge in [-0.25, -0.2) is 14.4 Å².